The number of amidine groups is 1. The molecule has 0 radical (unpaired) electrons. The maximum atomic E-state index is 13.2. The second kappa shape index (κ2) is 7.33. The average Bonchev–Trinajstić information content (AvgIpc) is 3.30. The summed E-state index contributed by atoms with van der Waals surface area (Å²) in [6, 6.07) is 15.6. The highest BCUT2D eigenvalue weighted by atomic mass is 32.2. The largest absolute Gasteiger partial charge is 0.329 e. The van der Waals surface area contributed by atoms with Crippen molar-refractivity contribution in [3.63, 3.8) is 0 Å². The maximum absolute atomic E-state index is 13.2. The van der Waals surface area contributed by atoms with E-state index in [2.05, 4.69) is 37.9 Å². The summed E-state index contributed by atoms with van der Waals surface area (Å²) in [4.78, 5) is 33.4. The SMILES string of the molecule is CSc1ccc(C23NC(=O)N(Cc4ccc(S)cc4)C2=NC=Nc2[nH]cnc23)cc1. The molecular weight excluding hydrogens is 416 g/mol. The molecule has 2 aliphatic heterocycles. The van der Waals surface area contributed by atoms with Gasteiger partial charge in [0.1, 0.15) is 12.0 Å². The summed E-state index contributed by atoms with van der Waals surface area (Å²) in [6.45, 7) is 0.372. The number of benzene rings is 2. The van der Waals surface area contributed by atoms with E-state index < -0.39 is 5.54 Å². The number of hydrogen-bond donors (Lipinski definition) is 3. The molecule has 0 aliphatic carbocycles. The lowest BCUT2D eigenvalue weighted by atomic mass is 9.85. The number of nitrogens with one attached hydrogen (secondary N) is 2. The third kappa shape index (κ3) is 2.93. The Kier molecular flexibility index (Phi) is 4.63. The summed E-state index contributed by atoms with van der Waals surface area (Å²) in [7, 11) is 0. The molecule has 1 atom stereocenters. The van der Waals surface area contributed by atoms with E-state index in [9.17, 15) is 4.79 Å². The summed E-state index contributed by atoms with van der Waals surface area (Å²) < 4.78 is 0. The van der Waals surface area contributed by atoms with Crippen LogP contribution >= 0.6 is 24.4 Å². The standard InChI is InChI=1S/C21H18N6OS2/c1-30-16-8-4-14(5-9-16)21-17-18(23-11-22-17)24-12-25-19(21)27(20(28)26-21)10-13-2-6-15(29)7-3-13/h2-9,11-12,29H,10H2,1H3,(H,22,23)(H,26,28). The molecule has 5 rings (SSSR count). The van der Waals surface area contributed by atoms with Gasteiger partial charge in [-0.3, -0.25) is 4.90 Å². The Morgan fingerprint density at radius 1 is 1.13 bits per heavy atom. The van der Waals surface area contributed by atoms with E-state index in [1.165, 1.54) is 6.34 Å². The molecule has 7 nitrogen and oxygen atoms in total. The minimum absolute atomic E-state index is 0.234. The normalized spacial score (nSPS) is 19.7. The van der Waals surface area contributed by atoms with Gasteiger partial charge in [-0.05, 0) is 41.6 Å². The summed E-state index contributed by atoms with van der Waals surface area (Å²) >= 11 is 6.00. The van der Waals surface area contributed by atoms with Gasteiger partial charge in [0.2, 0.25) is 0 Å². The van der Waals surface area contributed by atoms with E-state index in [0.29, 0.717) is 23.9 Å². The molecule has 30 heavy (non-hydrogen) atoms. The van der Waals surface area contributed by atoms with E-state index in [0.717, 1.165) is 20.9 Å². The number of aromatic nitrogens is 2. The average molecular weight is 435 g/mol. The highest BCUT2D eigenvalue weighted by Crippen LogP contribution is 2.41. The maximum Gasteiger partial charge on any atom is 0.324 e. The van der Waals surface area contributed by atoms with Gasteiger partial charge in [-0.2, -0.15) is 0 Å². The number of carbonyl (C=O) groups excluding carboxylic acids is 1. The van der Waals surface area contributed by atoms with Crippen LogP contribution in [0, 0.1) is 0 Å². The quantitative estimate of drug-likeness (QED) is 0.429. The number of hydrogen-bond acceptors (Lipinski definition) is 6. The van der Waals surface area contributed by atoms with Crippen LogP contribution in [0.3, 0.4) is 0 Å². The van der Waals surface area contributed by atoms with Crippen LogP contribution in [-0.4, -0.2) is 39.3 Å². The summed E-state index contributed by atoms with van der Waals surface area (Å²) in [6.07, 6.45) is 5.08. The van der Waals surface area contributed by atoms with Gasteiger partial charge in [0.05, 0.1) is 12.9 Å². The number of nitrogens with zero attached hydrogens (tertiary/aromatic N) is 4. The number of aromatic amines is 1. The van der Waals surface area contributed by atoms with Crippen LogP contribution in [-0.2, 0) is 12.1 Å². The molecule has 9 heteroatoms. The Morgan fingerprint density at radius 3 is 2.63 bits per heavy atom. The Morgan fingerprint density at radius 2 is 1.90 bits per heavy atom. The molecule has 150 valence electrons. The molecule has 0 saturated carbocycles. The van der Waals surface area contributed by atoms with Crippen molar-refractivity contribution >= 4 is 48.4 Å². The number of thiol groups is 1. The van der Waals surface area contributed by atoms with Crippen LogP contribution in [0.2, 0.25) is 0 Å². The Balaban J connectivity index is 1.65. The first kappa shape index (κ1) is 19.0. The van der Waals surface area contributed by atoms with Gasteiger partial charge in [-0.1, -0.05) is 24.3 Å². The molecule has 2 aromatic carbocycles. The second-order valence-electron chi connectivity index (χ2n) is 6.96. The molecule has 2 aliphatic rings. The van der Waals surface area contributed by atoms with Crippen molar-refractivity contribution in [2.45, 2.75) is 21.9 Å². The van der Waals surface area contributed by atoms with Gasteiger partial charge in [-0.25, -0.2) is 19.8 Å². The number of amides is 2. The van der Waals surface area contributed by atoms with E-state index in [4.69, 9.17) is 0 Å². The smallest absolute Gasteiger partial charge is 0.324 e. The van der Waals surface area contributed by atoms with Gasteiger partial charge in [0.25, 0.3) is 0 Å². The fourth-order valence-corrected chi connectivity index (χ4v) is 4.38. The summed E-state index contributed by atoms with van der Waals surface area (Å²) in [5.41, 5.74) is 1.44. The van der Waals surface area contributed by atoms with Crippen molar-refractivity contribution < 1.29 is 4.79 Å². The van der Waals surface area contributed by atoms with E-state index in [-0.39, 0.29) is 6.03 Å². The van der Waals surface area contributed by atoms with Crippen LogP contribution in [0.15, 0.2) is 74.6 Å². The molecule has 0 spiro atoms. The predicted molar refractivity (Wildman–Crippen MR) is 121 cm³/mol. The summed E-state index contributed by atoms with van der Waals surface area (Å²) in [5, 5.41) is 3.16. The lowest BCUT2D eigenvalue weighted by Gasteiger charge is -2.28. The van der Waals surface area contributed by atoms with Crippen LogP contribution in [0.5, 0.6) is 0 Å². The molecule has 3 aromatic rings. The molecule has 1 fully saturated rings. The molecule has 3 heterocycles. The zero-order valence-electron chi connectivity index (χ0n) is 16.0. The number of H-pyrrole nitrogens is 1. The van der Waals surface area contributed by atoms with E-state index >= 15 is 0 Å². The minimum atomic E-state index is -1.02. The Labute approximate surface area is 183 Å². The van der Waals surface area contributed by atoms with Crippen molar-refractivity contribution in [3.8, 4) is 0 Å². The van der Waals surface area contributed by atoms with E-state index in [1.54, 1.807) is 23.0 Å². The van der Waals surface area contributed by atoms with Gasteiger partial charge < -0.3 is 10.3 Å². The van der Waals surface area contributed by atoms with Gasteiger partial charge in [0, 0.05) is 9.79 Å². The fraction of sp³-hybridized carbons (Fsp3) is 0.143. The van der Waals surface area contributed by atoms with Gasteiger partial charge in [-0.15, -0.1) is 24.4 Å². The number of urea groups is 1. The second-order valence-corrected chi connectivity index (χ2v) is 8.35. The predicted octanol–water partition coefficient (Wildman–Crippen LogP) is 3.96. The molecule has 2 N–H and O–H groups in total. The fourth-order valence-electron chi connectivity index (χ4n) is 3.83. The molecular formula is C21H18N6OS2. The highest BCUT2D eigenvalue weighted by molar-refractivity contribution is 7.98. The first-order chi connectivity index (χ1) is 14.6. The Bertz CT molecular complexity index is 1170. The molecule has 1 saturated heterocycles. The number of imidazole rings is 1. The third-order valence-corrected chi connectivity index (χ3v) is 6.31. The lowest BCUT2D eigenvalue weighted by molar-refractivity contribution is 0.225. The van der Waals surface area contributed by atoms with Crippen LogP contribution in [0.1, 0.15) is 16.8 Å². The Hall–Kier alpha value is -3.04. The highest BCUT2D eigenvalue weighted by Gasteiger charge is 2.54. The van der Waals surface area contributed by atoms with Crippen molar-refractivity contribution in [3.05, 3.63) is 71.7 Å². The van der Waals surface area contributed by atoms with Crippen LogP contribution in [0.4, 0.5) is 10.6 Å². The first-order valence-corrected chi connectivity index (χ1v) is 11.0. The number of rotatable bonds is 4. The van der Waals surface area contributed by atoms with E-state index in [1.807, 2.05) is 54.8 Å². The number of carbonyl (C=O) groups is 1. The topological polar surface area (TPSA) is 85.7 Å². The molecule has 2 amide bonds. The van der Waals surface area contributed by atoms with Crippen molar-refractivity contribution in [2.75, 3.05) is 6.26 Å². The minimum Gasteiger partial charge on any atom is -0.329 e. The molecule has 0 bridgehead atoms. The van der Waals surface area contributed by atoms with Crippen LogP contribution < -0.4 is 5.32 Å². The third-order valence-electron chi connectivity index (χ3n) is 5.27. The number of fused-ring (bicyclic) bond motifs is 3. The van der Waals surface area contributed by atoms with Gasteiger partial charge in [0.15, 0.2) is 17.2 Å². The van der Waals surface area contributed by atoms with Crippen molar-refractivity contribution in [1.29, 1.82) is 0 Å². The summed E-state index contributed by atoms with van der Waals surface area (Å²) in [5.74, 6) is 1.12. The molecule has 1 unspecified atom stereocenters. The monoisotopic (exact) mass is 434 g/mol. The zero-order chi connectivity index (χ0) is 20.7. The number of thioether (sulfide) groups is 1. The van der Waals surface area contributed by atoms with Gasteiger partial charge >= 0.3 is 6.03 Å². The van der Waals surface area contributed by atoms with Crippen molar-refractivity contribution in [1.82, 2.24) is 20.2 Å². The first-order valence-electron chi connectivity index (χ1n) is 9.28. The number of aliphatic imine (C=N–C) groups is 2. The van der Waals surface area contributed by atoms with Crippen LogP contribution in [0.25, 0.3) is 0 Å². The lowest BCUT2D eigenvalue weighted by Crippen LogP contribution is -2.45. The molecule has 1 aromatic heterocycles. The zero-order valence-corrected chi connectivity index (χ0v) is 17.7. The van der Waals surface area contributed by atoms with Crippen molar-refractivity contribution in [2.24, 2.45) is 9.98 Å².